The van der Waals surface area contributed by atoms with E-state index in [9.17, 15) is 4.39 Å². The van der Waals surface area contributed by atoms with E-state index in [0.717, 1.165) is 11.1 Å². The molecule has 0 bridgehead atoms. The summed E-state index contributed by atoms with van der Waals surface area (Å²) in [5.41, 5.74) is 6.48. The molecule has 0 unspecified atom stereocenters. The van der Waals surface area contributed by atoms with E-state index < -0.39 is 5.67 Å². The third-order valence-electron chi connectivity index (χ3n) is 2.48. The fourth-order valence-electron chi connectivity index (χ4n) is 1.51. The van der Waals surface area contributed by atoms with Crippen LogP contribution in [0.25, 0.3) is 11.1 Å². The Morgan fingerprint density at radius 3 is 2.31 bits per heavy atom. The van der Waals surface area contributed by atoms with Gasteiger partial charge in [0.1, 0.15) is 5.67 Å². The zero-order chi connectivity index (χ0) is 11.8. The largest absolute Gasteiger partial charge is 0.367 e. The van der Waals surface area contributed by atoms with E-state index in [1.165, 1.54) is 13.8 Å². The molecule has 0 atom stereocenters. The molecule has 0 saturated heterocycles. The molecule has 4 heteroatoms. The van der Waals surface area contributed by atoms with Crippen molar-refractivity contribution >= 4 is 5.88 Å². The summed E-state index contributed by atoms with van der Waals surface area (Å²) in [7, 11) is 0. The molecule has 84 valence electrons. The molecular formula is C12H13FN2O. The number of nitrogens with zero attached hydrogens (tertiary/aromatic N) is 1. The summed E-state index contributed by atoms with van der Waals surface area (Å²) < 4.78 is 18.4. The summed E-state index contributed by atoms with van der Waals surface area (Å²) in [4.78, 5) is 0. The first-order valence-electron chi connectivity index (χ1n) is 4.98. The predicted octanol–water partition coefficient (Wildman–Crippen LogP) is 3.13. The number of alkyl halides is 1. The minimum atomic E-state index is -1.33. The highest BCUT2D eigenvalue weighted by Crippen LogP contribution is 2.29. The Balaban J connectivity index is 2.37. The Labute approximate surface area is 93.1 Å². The summed E-state index contributed by atoms with van der Waals surface area (Å²) in [6.07, 6.45) is 1.55. The molecule has 0 saturated carbocycles. The number of rotatable bonds is 2. The van der Waals surface area contributed by atoms with Crippen LogP contribution in [0.3, 0.4) is 0 Å². The standard InChI is InChI=1S/C12H13FN2O/c1-12(2,13)9-5-3-8(4-6-9)10-7-15-16-11(10)14/h3-7H,14H2,1-2H3. The molecule has 0 spiro atoms. The minimum absolute atomic E-state index is 0.271. The van der Waals surface area contributed by atoms with Crippen LogP contribution in [0.4, 0.5) is 10.3 Å². The van der Waals surface area contributed by atoms with Gasteiger partial charge in [0.15, 0.2) is 0 Å². The van der Waals surface area contributed by atoms with Gasteiger partial charge >= 0.3 is 0 Å². The zero-order valence-corrected chi connectivity index (χ0v) is 9.20. The molecule has 1 aromatic heterocycles. The molecule has 2 rings (SSSR count). The van der Waals surface area contributed by atoms with Crippen LogP contribution in [0.5, 0.6) is 0 Å². The highest BCUT2D eigenvalue weighted by molar-refractivity contribution is 5.71. The molecule has 16 heavy (non-hydrogen) atoms. The Bertz CT molecular complexity index is 482. The lowest BCUT2D eigenvalue weighted by Gasteiger charge is -2.14. The maximum atomic E-state index is 13.6. The lowest BCUT2D eigenvalue weighted by atomic mass is 9.97. The number of anilines is 1. The zero-order valence-electron chi connectivity index (χ0n) is 9.20. The van der Waals surface area contributed by atoms with Gasteiger partial charge in [-0.2, -0.15) is 0 Å². The molecule has 0 aliphatic carbocycles. The molecule has 0 amide bonds. The van der Waals surface area contributed by atoms with Crippen LogP contribution >= 0.6 is 0 Å². The monoisotopic (exact) mass is 220 g/mol. The third-order valence-corrected chi connectivity index (χ3v) is 2.48. The van der Waals surface area contributed by atoms with Crippen molar-refractivity contribution in [2.45, 2.75) is 19.5 Å². The number of hydrogen-bond acceptors (Lipinski definition) is 3. The summed E-state index contributed by atoms with van der Waals surface area (Å²) in [6.45, 7) is 3.05. The second-order valence-corrected chi connectivity index (χ2v) is 4.15. The van der Waals surface area contributed by atoms with Gasteiger partial charge in [-0.1, -0.05) is 29.4 Å². The van der Waals surface area contributed by atoms with Crippen molar-refractivity contribution in [2.75, 3.05) is 5.73 Å². The first kappa shape index (κ1) is 10.7. The van der Waals surface area contributed by atoms with Crippen molar-refractivity contribution in [1.82, 2.24) is 5.16 Å². The van der Waals surface area contributed by atoms with E-state index in [0.29, 0.717) is 5.56 Å². The molecule has 2 N–H and O–H groups in total. The van der Waals surface area contributed by atoms with Crippen LogP contribution in [0.2, 0.25) is 0 Å². The first-order chi connectivity index (χ1) is 7.48. The lowest BCUT2D eigenvalue weighted by Crippen LogP contribution is -2.08. The van der Waals surface area contributed by atoms with Gasteiger partial charge in [-0.3, -0.25) is 0 Å². The van der Waals surface area contributed by atoms with Gasteiger partial charge in [0.2, 0.25) is 5.88 Å². The number of aromatic nitrogens is 1. The summed E-state index contributed by atoms with van der Waals surface area (Å²) in [6, 6.07) is 7.09. The number of nitrogen functional groups attached to an aromatic ring is 1. The average molecular weight is 220 g/mol. The fraction of sp³-hybridized carbons (Fsp3) is 0.250. The van der Waals surface area contributed by atoms with Crippen LogP contribution in [0.15, 0.2) is 35.0 Å². The van der Waals surface area contributed by atoms with E-state index in [2.05, 4.69) is 5.16 Å². The predicted molar refractivity (Wildman–Crippen MR) is 60.5 cm³/mol. The molecular weight excluding hydrogens is 207 g/mol. The van der Waals surface area contributed by atoms with Gasteiger partial charge in [0.05, 0.1) is 11.8 Å². The Morgan fingerprint density at radius 1 is 1.25 bits per heavy atom. The van der Waals surface area contributed by atoms with E-state index >= 15 is 0 Å². The lowest BCUT2D eigenvalue weighted by molar-refractivity contribution is 0.221. The summed E-state index contributed by atoms with van der Waals surface area (Å²) >= 11 is 0. The average Bonchev–Trinajstić information content (AvgIpc) is 2.63. The highest BCUT2D eigenvalue weighted by atomic mass is 19.1. The van der Waals surface area contributed by atoms with Crippen LogP contribution in [0.1, 0.15) is 19.4 Å². The third kappa shape index (κ3) is 1.91. The van der Waals surface area contributed by atoms with E-state index in [-0.39, 0.29) is 5.88 Å². The minimum Gasteiger partial charge on any atom is -0.367 e. The quantitative estimate of drug-likeness (QED) is 0.845. The molecule has 0 aliphatic heterocycles. The molecule has 0 fully saturated rings. The van der Waals surface area contributed by atoms with Gasteiger partial charge in [0.25, 0.3) is 0 Å². The van der Waals surface area contributed by atoms with Gasteiger partial charge in [-0.05, 0) is 25.0 Å². The van der Waals surface area contributed by atoms with Crippen molar-refractivity contribution in [3.8, 4) is 11.1 Å². The number of hydrogen-bond donors (Lipinski definition) is 1. The highest BCUT2D eigenvalue weighted by Gasteiger charge is 2.18. The number of nitrogens with two attached hydrogens (primary N) is 1. The normalized spacial score (nSPS) is 11.7. The number of halogens is 1. The Morgan fingerprint density at radius 2 is 1.88 bits per heavy atom. The molecule has 2 aromatic rings. The van der Waals surface area contributed by atoms with Crippen LogP contribution in [-0.2, 0) is 5.67 Å². The van der Waals surface area contributed by atoms with Crippen LogP contribution < -0.4 is 5.73 Å². The Hall–Kier alpha value is -1.84. The van der Waals surface area contributed by atoms with Crippen molar-refractivity contribution in [3.05, 3.63) is 36.0 Å². The van der Waals surface area contributed by atoms with Crippen LogP contribution in [0, 0.1) is 0 Å². The molecule has 1 heterocycles. The van der Waals surface area contributed by atoms with Crippen molar-refractivity contribution < 1.29 is 8.91 Å². The smallest absolute Gasteiger partial charge is 0.229 e. The molecule has 3 nitrogen and oxygen atoms in total. The van der Waals surface area contributed by atoms with E-state index in [1.807, 2.05) is 0 Å². The maximum Gasteiger partial charge on any atom is 0.229 e. The molecule has 1 aromatic carbocycles. The van der Waals surface area contributed by atoms with Crippen LogP contribution in [-0.4, -0.2) is 5.16 Å². The SMILES string of the molecule is CC(C)(F)c1ccc(-c2cnoc2N)cc1. The van der Waals surface area contributed by atoms with Crippen molar-refractivity contribution in [1.29, 1.82) is 0 Å². The van der Waals surface area contributed by atoms with Gasteiger partial charge in [-0.15, -0.1) is 0 Å². The summed E-state index contributed by atoms with van der Waals surface area (Å²) in [5, 5.41) is 3.60. The Kier molecular flexibility index (Phi) is 2.42. The fourth-order valence-corrected chi connectivity index (χ4v) is 1.51. The molecule has 0 aliphatic rings. The van der Waals surface area contributed by atoms with Crippen molar-refractivity contribution in [2.24, 2.45) is 0 Å². The van der Waals surface area contributed by atoms with Gasteiger partial charge in [-0.25, -0.2) is 4.39 Å². The first-order valence-corrected chi connectivity index (χ1v) is 4.98. The number of benzene rings is 1. The second kappa shape index (κ2) is 3.63. The second-order valence-electron chi connectivity index (χ2n) is 4.15. The maximum absolute atomic E-state index is 13.6. The van der Waals surface area contributed by atoms with Gasteiger partial charge < -0.3 is 10.3 Å². The topological polar surface area (TPSA) is 52.0 Å². The van der Waals surface area contributed by atoms with Gasteiger partial charge in [0, 0.05) is 0 Å². The van der Waals surface area contributed by atoms with E-state index in [1.54, 1.807) is 30.5 Å². The molecule has 0 radical (unpaired) electrons. The van der Waals surface area contributed by atoms with Crippen molar-refractivity contribution in [3.63, 3.8) is 0 Å². The summed E-state index contributed by atoms with van der Waals surface area (Å²) in [5.74, 6) is 0.271. The van der Waals surface area contributed by atoms with E-state index in [4.69, 9.17) is 10.3 Å².